The van der Waals surface area contributed by atoms with Crippen LogP contribution in [-0.4, -0.2) is 30.7 Å². The van der Waals surface area contributed by atoms with Crippen molar-refractivity contribution in [3.8, 4) is 0 Å². The fourth-order valence-corrected chi connectivity index (χ4v) is 2.78. The molecule has 0 aliphatic carbocycles. The van der Waals surface area contributed by atoms with E-state index in [0.717, 1.165) is 18.7 Å². The van der Waals surface area contributed by atoms with E-state index in [1.54, 1.807) is 0 Å². The first kappa shape index (κ1) is 14.6. The Morgan fingerprint density at radius 1 is 1.14 bits per heavy atom. The standard InChI is InChI=1S/C18H20N2O2/c21-13-3-11-19-18(22)15-6-8-16(9-7-15)20-12-10-14-4-1-2-5-17(14)20/h1-2,4-9,21H,3,10-13H2,(H,19,22). The Morgan fingerprint density at radius 2 is 1.91 bits per heavy atom. The lowest BCUT2D eigenvalue weighted by molar-refractivity contribution is 0.0951. The molecule has 0 aromatic heterocycles. The maximum Gasteiger partial charge on any atom is 0.251 e. The lowest BCUT2D eigenvalue weighted by atomic mass is 10.1. The van der Waals surface area contributed by atoms with Gasteiger partial charge in [0.2, 0.25) is 0 Å². The summed E-state index contributed by atoms with van der Waals surface area (Å²) in [5.41, 5.74) is 4.38. The molecule has 1 aliphatic rings. The monoisotopic (exact) mass is 296 g/mol. The van der Waals surface area contributed by atoms with E-state index in [2.05, 4.69) is 34.5 Å². The molecule has 114 valence electrons. The Balaban J connectivity index is 1.71. The van der Waals surface area contributed by atoms with Gasteiger partial charge in [0.1, 0.15) is 0 Å². The lowest BCUT2D eigenvalue weighted by Crippen LogP contribution is -2.25. The van der Waals surface area contributed by atoms with Crippen molar-refractivity contribution < 1.29 is 9.90 Å². The van der Waals surface area contributed by atoms with Crippen LogP contribution in [0.15, 0.2) is 48.5 Å². The predicted octanol–water partition coefficient (Wildman–Crippen LogP) is 2.49. The van der Waals surface area contributed by atoms with Crippen LogP contribution in [0.3, 0.4) is 0 Å². The molecule has 2 N–H and O–H groups in total. The van der Waals surface area contributed by atoms with Crippen molar-refractivity contribution in [2.75, 3.05) is 24.6 Å². The molecule has 2 aromatic rings. The van der Waals surface area contributed by atoms with Gasteiger partial charge in [0.05, 0.1) is 0 Å². The van der Waals surface area contributed by atoms with E-state index in [1.807, 2.05) is 24.3 Å². The highest BCUT2D eigenvalue weighted by Gasteiger charge is 2.19. The molecule has 0 atom stereocenters. The highest BCUT2D eigenvalue weighted by Crippen LogP contribution is 2.34. The average molecular weight is 296 g/mol. The third-order valence-electron chi connectivity index (χ3n) is 3.95. The summed E-state index contributed by atoms with van der Waals surface area (Å²) in [6, 6.07) is 16.1. The quantitative estimate of drug-likeness (QED) is 0.834. The van der Waals surface area contributed by atoms with Gasteiger partial charge in [0.25, 0.3) is 5.91 Å². The van der Waals surface area contributed by atoms with E-state index in [0.29, 0.717) is 18.5 Å². The van der Waals surface area contributed by atoms with Gasteiger partial charge in [0.15, 0.2) is 0 Å². The number of rotatable bonds is 5. The molecular weight excluding hydrogens is 276 g/mol. The van der Waals surface area contributed by atoms with Crippen LogP contribution in [-0.2, 0) is 6.42 Å². The SMILES string of the molecule is O=C(NCCCO)c1ccc(N2CCc3ccccc32)cc1. The molecule has 0 saturated heterocycles. The van der Waals surface area contributed by atoms with Crippen LogP contribution in [0.5, 0.6) is 0 Å². The van der Waals surface area contributed by atoms with Crippen molar-refractivity contribution >= 4 is 17.3 Å². The van der Waals surface area contributed by atoms with Crippen molar-refractivity contribution in [3.63, 3.8) is 0 Å². The topological polar surface area (TPSA) is 52.6 Å². The summed E-state index contributed by atoms with van der Waals surface area (Å²) < 4.78 is 0. The Bertz CT molecular complexity index is 652. The zero-order valence-electron chi connectivity index (χ0n) is 12.5. The van der Waals surface area contributed by atoms with Crippen LogP contribution in [0, 0.1) is 0 Å². The summed E-state index contributed by atoms with van der Waals surface area (Å²) in [6.45, 7) is 1.56. The highest BCUT2D eigenvalue weighted by atomic mass is 16.3. The van der Waals surface area contributed by atoms with Crippen LogP contribution in [0.4, 0.5) is 11.4 Å². The molecule has 2 aromatic carbocycles. The fraction of sp³-hybridized carbons (Fsp3) is 0.278. The summed E-state index contributed by atoms with van der Waals surface area (Å²) in [7, 11) is 0. The number of benzene rings is 2. The second kappa shape index (κ2) is 6.62. The second-order valence-corrected chi connectivity index (χ2v) is 5.41. The number of anilines is 2. The molecule has 0 saturated carbocycles. The third-order valence-corrected chi connectivity index (χ3v) is 3.95. The van der Waals surface area contributed by atoms with Crippen LogP contribution >= 0.6 is 0 Å². The van der Waals surface area contributed by atoms with Gasteiger partial charge in [0, 0.05) is 36.6 Å². The molecule has 0 unspecified atom stereocenters. The van der Waals surface area contributed by atoms with Gasteiger partial charge in [-0.1, -0.05) is 18.2 Å². The molecule has 0 spiro atoms. The van der Waals surface area contributed by atoms with Gasteiger partial charge in [-0.3, -0.25) is 4.79 Å². The van der Waals surface area contributed by atoms with Crippen molar-refractivity contribution in [3.05, 3.63) is 59.7 Å². The van der Waals surface area contributed by atoms with E-state index in [4.69, 9.17) is 5.11 Å². The smallest absolute Gasteiger partial charge is 0.251 e. The van der Waals surface area contributed by atoms with Crippen molar-refractivity contribution in [2.45, 2.75) is 12.8 Å². The third kappa shape index (κ3) is 2.97. The first-order chi connectivity index (χ1) is 10.8. The van der Waals surface area contributed by atoms with Gasteiger partial charge >= 0.3 is 0 Å². The Morgan fingerprint density at radius 3 is 2.68 bits per heavy atom. The number of carbonyl (C=O) groups excluding carboxylic acids is 1. The zero-order valence-corrected chi connectivity index (χ0v) is 12.5. The molecule has 1 aliphatic heterocycles. The molecule has 0 radical (unpaired) electrons. The van der Waals surface area contributed by atoms with Gasteiger partial charge in [-0.05, 0) is 48.7 Å². The molecular formula is C18H20N2O2. The Hall–Kier alpha value is -2.33. The molecule has 3 rings (SSSR count). The summed E-state index contributed by atoms with van der Waals surface area (Å²) in [5, 5.41) is 11.5. The molecule has 1 amide bonds. The maximum atomic E-state index is 11.9. The van der Waals surface area contributed by atoms with Gasteiger partial charge in [-0.2, -0.15) is 0 Å². The summed E-state index contributed by atoms with van der Waals surface area (Å²) in [6.07, 6.45) is 1.63. The normalized spacial score (nSPS) is 13.0. The van der Waals surface area contributed by atoms with Crippen LogP contribution < -0.4 is 10.2 Å². The van der Waals surface area contributed by atoms with Crippen molar-refractivity contribution in [2.24, 2.45) is 0 Å². The summed E-state index contributed by atoms with van der Waals surface area (Å²) in [4.78, 5) is 14.2. The maximum absolute atomic E-state index is 11.9. The minimum absolute atomic E-state index is 0.0909. The number of aliphatic hydroxyl groups is 1. The van der Waals surface area contributed by atoms with E-state index >= 15 is 0 Å². The lowest BCUT2D eigenvalue weighted by Gasteiger charge is -2.19. The van der Waals surface area contributed by atoms with E-state index in [1.165, 1.54) is 11.3 Å². The fourth-order valence-electron chi connectivity index (χ4n) is 2.78. The summed E-state index contributed by atoms with van der Waals surface area (Å²) in [5.74, 6) is -0.0955. The van der Waals surface area contributed by atoms with Crippen LogP contribution in [0.25, 0.3) is 0 Å². The zero-order chi connectivity index (χ0) is 15.4. The van der Waals surface area contributed by atoms with E-state index < -0.39 is 0 Å². The van der Waals surface area contributed by atoms with Gasteiger partial charge < -0.3 is 15.3 Å². The molecule has 4 nitrogen and oxygen atoms in total. The van der Waals surface area contributed by atoms with E-state index in [-0.39, 0.29) is 12.5 Å². The Labute approximate surface area is 130 Å². The molecule has 1 heterocycles. The number of nitrogens with zero attached hydrogens (tertiary/aromatic N) is 1. The van der Waals surface area contributed by atoms with E-state index in [9.17, 15) is 4.79 Å². The number of para-hydroxylation sites is 1. The molecule has 0 fully saturated rings. The predicted molar refractivity (Wildman–Crippen MR) is 87.6 cm³/mol. The number of hydrogen-bond donors (Lipinski definition) is 2. The summed E-state index contributed by atoms with van der Waals surface area (Å²) >= 11 is 0. The average Bonchev–Trinajstić information content (AvgIpc) is 2.99. The molecule has 4 heteroatoms. The first-order valence-electron chi connectivity index (χ1n) is 7.64. The van der Waals surface area contributed by atoms with Crippen molar-refractivity contribution in [1.29, 1.82) is 0 Å². The van der Waals surface area contributed by atoms with Gasteiger partial charge in [-0.25, -0.2) is 0 Å². The minimum Gasteiger partial charge on any atom is -0.396 e. The van der Waals surface area contributed by atoms with Gasteiger partial charge in [-0.15, -0.1) is 0 Å². The number of hydrogen-bond acceptors (Lipinski definition) is 3. The number of aliphatic hydroxyl groups excluding tert-OH is 1. The highest BCUT2D eigenvalue weighted by molar-refractivity contribution is 5.94. The number of amides is 1. The molecule has 22 heavy (non-hydrogen) atoms. The van der Waals surface area contributed by atoms with Crippen LogP contribution in [0.1, 0.15) is 22.3 Å². The largest absolute Gasteiger partial charge is 0.396 e. The number of fused-ring (bicyclic) bond motifs is 1. The number of nitrogens with one attached hydrogen (secondary N) is 1. The second-order valence-electron chi connectivity index (χ2n) is 5.41. The minimum atomic E-state index is -0.0955. The van der Waals surface area contributed by atoms with Crippen LogP contribution in [0.2, 0.25) is 0 Å². The molecule has 0 bridgehead atoms. The Kier molecular flexibility index (Phi) is 4.39. The first-order valence-corrected chi connectivity index (χ1v) is 7.64. The number of carbonyl (C=O) groups is 1. The van der Waals surface area contributed by atoms with Crippen molar-refractivity contribution in [1.82, 2.24) is 5.32 Å².